The molecule has 1 fully saturated rings. The Bertz CT molecular complexity index is 544. The summed E-state index contributed by atoms with van der Waals surface area (Å²) < 4.78 is 0. The predicted molar refractivity (Wildman–Crippen MR) is 71.9 cm³/mol. The van der Waals surface area contributed by atoms with E-state index < -0.39 is 11.4 Å². The van der Waals surface area contributed by atoms with Crippen molar-refractivity contribution < 1.29 is 14.7 Å². The second-order valence-corrected chi connectivity index (χ2v) is 5.18. The van der Waals surface area contributed by atoms with Gasteiger partial charge in [0.2, 0.25) is 5.91 Å². The van der Waals surface area contributed by atoms with Crippen molar-refractivity contribution in [1.82, 2.24) is 0 Å². The molecule has 102 valence electrons. The third kappa shape index (κ3) is 2.33. The van der Waals surface area contributed by atoms with E-state index in [9.17, 15) is 14.7 Å². The van der Waals surface area contributed by atoms with Crippen LogP contribution < -0.4 is 16.4 Å². The molecule has 1 saturated heterocycles. The molecule has 0 spiro atoms. The van der Waals surface area contributed by atoms with E-state index in [0.29, 0.717) is 30.9 Å². The molecular formula is C13H17N3O3. The summed E-state index contributed by atoms with van der Waals surface area (Å²) >= 11 is 0. The van der Waals surface area contributed by atoms with Crippen LogP contribution in [0.5, 0.6) is 0 Å². The molecule has 1 aliphatic rings. The number of primary amides is 1. The van der Waals surface area contributed by atoms with E-state index in [4.69, 9.17) is 11.5 Å². The van der Waals surface area contributed by atoms with Gasteiger partial charge in [-0.25, -0.2) is 4.79 Å². The van der Waals surface area contributed by atoms with Crippen LogP contribution in [0.25, 0.3) is 0 Å². The molecule has 19 heavy (non-hydrogen) atoms. The summed E-state index contributed by atoms with van der Waals surface area (Å²) in [6.07, 6.45) is 0.607. The number of carbonyl (C=O) groups is 2. The van der Waals surface area contributed by atoms with Gasteiger partial charge >= 0.3 is 5.97 Å². The Labute approximate surface area is 111 Å². The maximum atomic E-state index is 11.4. The molecule has 0 aliphatic carbocycles. The van der Waals surface area contributed by atoms with Crippen molar-refractivity contribution in [1.29, 1.82) is 0 Å². The highest BCUT2D eigenvalue weighted by Gasteiger charge is 2.39. The Morgan fingerprint density at radius 3 is 2.63 bits per heavy atom. The molecule has 1 aliphatic heterocycles. The van der Waals surface area contributed by atoms with E-state index in [1.165, 1.54) is 6.07 Å². The van der Waals surface area contributed by atoms with Gasteiger partial charge in [-0.3, -0.25) is 4.79 Å². The summed E-state index contributed by atoms with van der Waals surface area (Å²) in [4.78, 5) is 24.5. The van der Waals surface area contributed by atoms with Crippen LogP contribution in [-0.4, -0.2) is 30.1 Å². The zero-order valence-electron chi connectivity index (χ0n) is 10.7. The number of aromatic carboxylic acids is 1. The van der Waals surface area contributed by atoms with Crippen molar-refractivity contribution in [3.63, 3.8) is 0 Å². The first-order chi connectivity index (χ1) is 8.83. The Morgan fingerprint density at radius 1 is 1.42 bits per heavy atom. The minimum Gasteiger partial charge on any atom is -0.478 e. The quantitative estimate of drug-likeness (QED) is 0.694. The molecule has 6 nitrogen and oxygen atoms in total. The molecule has 0 saturated carbocycles. The normalized spacial score (nSPS) is 22.5. The van der Waals surface area contributed by atoms with Gasteiger partial charge in [-0.1, -0.05) is 0 Å². The van der Waals surface area contributed by atoms with Gasteiger partial charge in [-0.05, 0) is 31.5 Å². The number of carboxylic acid groups (broad SMARTS) is 1. The molecule has 1 atom stereocenters. The van der Waals surface area contributed by atoms with Crippen LogP contribution in [0.4, 0.5) is 11.4 Å². The van der Waals surface area contributed by atoms with Gasteiger partial charge < -0.3 is 21.5 Å². The number of amides is 1. The molecule has 5 N–H and O–H groups in total. The zero-order chi connectivity index (χ0) is 14.2. The zero-order valence-corrected chi connectivity index (χ0v) is 10.7. The van der Waals surface area contributed by atoms with Crippen molar-refractivity contribution in [3.05, 3.63) is 23.8 Å². The molecule has 0 bridgehead atoms. The average Bonchev–Trinajstić information content (AvgIpc) is 2.73. The van der Waals surface area contributed by atoms with E-state index in [2.05, 4.69) is 0 Å². The number of nitrogens with two attached hydrogens (primary N) is 2. The van der Waals surface area contributed by atoms with E-state index in [-0.39, 0.29) is 11.5 Å². The first-order valence-electron chi connectivity index (χ1n) is 6.01. The predicted octanol–water partition coefficient (Wildman–Crippen LogP) is 0.669. The Balaban J connectivity index is 2.36. The number of rotatable bonds is 3. The minimum absolute atomic E-state index is 0.183. The molecule has 2 rings (SSSR count). The lowest BCUT2D eigenvalue weighted by Gasteiger charge is -2.24. The fourth-order valence-electron chi connectivity index (χ4n) is 2.36. The first-order valence-corrected chi connectivity index (χ1v) is 6.01. The van der Waals surface area contributed by atoms with Gasteiger partial charge in [0.05, 0.1) is 16.7 Å². The van der Waals surface area contributed by atoms with Gasteiger partial charge in [0, 0.05) is 18.8 Å². The van der Waals surface area contributed by atoms with Crippen molar-refractivity contribution in [2.24, 2.45) is 11.1 Å². The number of carboxylic acids is 1. The SMILES string of the molecule is CC1(C(N)=O)CCN(c2cc(N)ccc2C(=O)O)C1. The van der Waals surface area contributed by atoms with Crippen LogP contribution in [0.15, 0.2) is 18.2 Å². The average molecular weight is 263 g/mol. The standard InChI is InChI=1S/C13H17N3O3/c1-13(12(15)19)4-5-16(7-13)10-6-8(14)2-3-9(10)11(17)18/h2-3,6H,4-5,7,14H2,1H3,(H2,15,19)(H,17,18). The van der Waals surface area contributed by atoms with Crippen molar-refractivity contribution in [3.8, 4) is 0 Å². The van der Waals surface area contributed by atoms with Crippen molar-refractivity contribution in [2.75, 3.05) is 23.7 Å². The monoisotopic (exact) mass is 263 g/mol. The number of nitrogen functional groups attached to an aromatic ring is 1. The van der Waals surface area contributed by atoms with E-state index >= 15 is 0 Å². The van der Waals surface area contributed by atoms with Gasteiger partial charge in [0.25, 0.3) is 0 Å². The van der Waals surface area contributed by atoms with Gasteiger partial charge in [0.1, 0.15) is 0 Å². The molecule has 0 radical (unpaired) electrons. The third-order valence-corrected chi connectivity index (χ3v) is 3.66. The maximum absolute atomic E-state index is 11.4. The molecule has 1 amide bonds. The Kier molecular flexibility index (Phi) is 3.09. The summed E-state index contributed by atoms with van der Waals surface area (Å²) in [5.74, 6) is -1.38. The summed E-state index contributed by atoms with van der Waals surface area (Å²) in [5, 5.41) is 9.20. The second-order valence-electron chi connectivity index (χ2n) is 5.18. The van der Waals surface area contributed by atoms with E-state index in [1.54, 1.807) is 19.1 Å². The minimum atomic E-state index is -1.01. The number of nitrogens with zero attached hydrogens (tertiary/aromatic N) is 1. The van der Waals surface area contributed by atoms with Gasteiger partial charge in [-0.2, -0.15) is 0 Å². The van der Waals surface area contributed by atoms with Crippen LogP contribution >= 0.6 is 0 Å². The third-order valence-electron chi connectivity index (χ3n) is 3.66. The van der Waals surface area contributed by atoms with Crippen LogP contribution in [0.1, 0.15) is 23.7 Å². The summed E-state index contributed by atoms with van der Waals surface area (Å²) in [5.41, 5.74) is 11.7. The molecule has 1 aromatic carbocycles. The smallest absolute Gasteiger partial charge is 0.337 e. The summed E-state index contributed by atoms with van der Waals surface area (Å²) in [7, 11) is 0. The second kappa shape index (κ2) is 4.46. The topological polar surface area (TPSA) is 110 Å². The van der Waals surface area contributed by atoms with Crippen molar-refractivity contribution >= 4 is 23.3 Å². The molecular weight excluding hydrogens is 246 g/mol. The highest BCUT2D eigenvalue weighted by Crippen LogP contribution is 2.35. The number of benzene rings is 1. The Morgan fingerprint density at radius 2 is 2.11 bits per heavy atom. The number of anilines is 2. The molecule has 1 heterocycles. The fraction of sp³-hybridized carbons (Fsp3) is 0.385. The number of hydrogen-bond donors (Lipinski definition) is 3. The summed E-state index contributed by atoms with van der Waals surface area (Å²) in [6, 6.07) is 4.65. The van der Waals surface area contributed by atoms with Gasteiger partial charge in [0.15, 0.2) is 0 Å². The van der Waals surface area contributed by atoms with Crippen LogP contribution in [0.3, 0.4) is 0 Å². The molecule has 0 aromatic heterocycles. The van der Waals surface area contributed by atoms with E-state index in [1.807, 2.05) is 4.90 Å². The first kappa shape index (κ1) is 13.2. The number of carbonyl (C=O) groups excluding carboxylic acids is 1. The highest BCUT2D eigenvalue weighted by molar-refractivity contribution is 5.95. The maximum Gasteiger partial charge on any atom is 0.337 e. The Hall–Kier alpha value is -2.24. The van der Waals surface area contributed by atoms with Gasteiger partial charge in [-0.15, -0.1) is 0 Å². The molecule has 6 heteroatoms. The lowest BCUT2D eigenvalue weighted by molar-refractivity contribution is -0.125. The van der Waals surface area contributed by atoms with Crippen LogP contribution in [0, 0.1) is 5.41 Å². The largest absolute Gasteiger partial charge is 0.478 e. The highest BCUT2D eigenvalue weighted by atomic mass is 16.4. The van der Waals surface area contributed by atoms with Crippen LogP contribution in [0.2, 0.25) is 0 Å². The lowest BCUT2D eigenvalue weighted by atomic mass is 9.89. The summed E-state index contributed by atoms with van der Waals surface area (Å²) in [6.45, 7) is 2.79. The lowest BCUT2D eigenvalue weighted by Crippen LogP contribution is -2.37. The molecule has 1 unspecified atom stereocenters. The fourth-order valence-corrected chi connectivity index (χ4v) is 2.36. The van der Waals surface area contributed by atoms with Crippen LogP contribution in [-0.2, 0) is 4.79 Å². The number of hydrogen-bond acceptors (Lipinski definition) is 4. The van der Waals surface area contributed by atoms with E-state index in [0.717, 1.165) is 0 Å². The molecule has 1 aromatic rings. The van der Waals surface area contributed by atoms with Crippen molar-refractivity contribution in [2.45, 2.75) is 13.3 Å².